The van der Waals surface area contributed by atoms with E-state index in [9.17, 15) is 9.59 Å². The highest BCUT2D eigenvalue weighted by atomic mass is 35.5. The molecule has 1 aromatic carbocycles. The van der Waals surface area contributed by atoms with E-state index in [1.165, 1.54) is 18.4 Å². The van der Waals surface area contributed by atoms with Crippen LogP contribution in [-0.2, 0) is 4.74 Å². The van der Waals surface area contributed by atoms with Gasteiger partial charge in [0.25, 0.3) is 0 Å². The van der Waals surface area contributed by atoms with Crippen LogP contribution in [0.2, 0.25) is 5.02 Å². The third-order valence-corrected chi connectivity index (χ3v) is 5.73. The van der Waals surface area contributed by atoms with E-state index in [1.807, 2.05) is 12.1 Å². The van der Waals surface area contributed by atoms with Crippen molar-refractivity contribution in [3.8, 4) is 11.4 Å². The lowest BCUT2D eigenvalue weighted by Crippen LogP contribution is -2.34. The molecule has 2 aromatic heterocycles. The normalized spacial score (nSPS) is 16.1. The van der Waals surface area contributed by atoms with E-state index in [4.69, 9.17) is 20.9 Å². The third-order valence-electron chi connectivity index (χ3n) is 4.60. The highest BCUT2D eigenvalue weighted by Crippen LogP contribution is 2.33. The van der Waals surface area contributed by atoms with Gasteiger partial charge in [0.15, 0.2) is 0 Å². The molecule has 2 amide bonds. The summed E-state index contributed by atoms with van der Waals surface area (Å²) >= 11 is 7.23. The van der Waals surface area contributed by atoms with Crippen molar-refractivity contribution in [1.29, 1.82) is 0 Å². The Labute approximate surface area is 175 Å². The minimum Gasteiger partial charge on any atom is -0.465 e. The number of urea groups is 1. The molecule has 29 heavy (non-hydrogen) atoms. The van der Waals surface area contributed by atoms with Gasteiger partial charge in [-0.3, -0.25) is 0 Å². The van der Waals surface area contributed by atoms with Crippen LogP contribution >= 0.6 is 22.9 Å². The Bertz CT molecular complexity index is 1050. The molecule has 3 aromatic rings. The fraction of sp³-hybridized carbons (Fsp3) is 0.263. The average molecular weight is 433 g/mol. The molecule has 0 radical (unpaired) electrons. The molecule has 8 nitrogen and oxygen atoms in total. The van der Waals surface area contributed by atoms with Gasteiger partial charge in [0.2, 0.25) is 11.7 Å². The van der Waals surface area contributed by atoms with Gasteiger partial charge in [-0.2, -0.15) is 4.98 Å². The number of hydrogen-bond acceptors (Lipinski definition) is 7. The molecule has 10 heteroatoms. The summed E-state index contributed by atoms with van der Waals surface area (Å²) < 4.78 is 10.2. The van der Waals surface area contributed by atoms with Gasteiger partial charge in [-0.1, -0.05) is 28.9 Å². The second kappa shape index (κ2) is 8.22. The molecule has 3 heterocycles. The van der Waals surface area contributed by atoms with Gasteiger partial charge in [-0.05, 0) is 36.4 Å². The van der Waals surface area contributed by atoms with Crippen LogP contribution in [0.3, 0.4) is 0 Å². The quantitative estimate of drug-likeness (QED) is 0.604. The zero-order chi connectivity index (χ0) is 20.4. The summed E-state index contributed by atoms with van der Waals surface area (Å²) in [5.41, 5.74) is 1.16. The highest BCUT2D eigenvalue weighted by molar-refractivity contribution is 7.12. The number of halogens is 1. The molecule has 150 valence electrons. The number of nitrogens with zero attached hydrogens (tertiary/aromatic N) is 3. The number of methoxy groups -OCH3 is 1. The maximum absolute atomic E-state index is 12.8. The predicted octanol–water partition coefficient (Wildman–Crippen LogP) is 4.61. The van der Waals surface area contributed by atoms with Crippen molar-refractivity contribution in [2.75, 3.05) is 19.0 Å². The Balaban J connectivity index is 1.52. The first-order chi connectivity index (χ1) is 14.1. The van der Waals surface area contributed by atoms with E-state index in [1.54, 1.807) is 28.5 Å². The number of likely N-dealkylation sites (tertiary alicyclic amines) is 1. The summed E-state index contributed by atoms with van der Waals surface area (Å²) in [5, 5.41) is 9.11. The molecule has 0 bridgehead atoms. The van der Waals surface area contributed by atoms with E-state index in [0.717, 1.165) is 12.0 Å². The van der Waals surface area contributed by atoms with Gasteiger partial charge in [-0.15, -0.1) is 11.3 Å². The molecule has 1 aliphatic rings. The predicted molar refractivity (Wildman–Crippen MR) is 108 cm³/mol. The number of esters is 1. The van der Waals surface area contributed by atoms with Gasteiger partial charge in [0, 0.05) is 17.1 Å². The first-order valence-corrected chi connectivity index (χ1v) is 10.2. The molecular formula is C19H17ClN4O4S. The largest absolute Gasteiger partial charge is 0.465 e. The SMILES string of the molecule is COC(=O)c1sccc1NC(=O)N1CCCC1c1nc(-c2cccc(Cl)c2)no1. The Hall–Kier alpha value is -2.91. The molecule has 4 rings (SSSR count). The van der Waals surface area contributed by atoms with Gasteiger partial charge in [-0.25, -0.2) is 9.59 Å². The first-order valence-electron chi connectivity index (χ1n) is 8.90. The molecule has 1 N–H and O–H groups in total. The van der Waals surface area contributed by atoms with E-state index in [2.05, 4.69) is 15.5 Å². The van der Waals surface area contributed by atoms with Crippen molar-refractivity contribution in [1.82, 2.24) is 15.0 Å². The molecule has 0 spiro atoms. The molecule has 1 unspecified atom stereocenters. The molecule has 0 aliphatic carbocycles. The standard InChI is InChI=1S/C19H17ClN4O4S/c1-27-18(25)15-13(7-9-29-15)21-19(26)24-8-3-6-14(24)17-22-16(23-28-17)11-4-2-5-12(20)10-11/h2,4-5,7,9-10,14H,3,6,8H2,1H3,(H,21,26). The molecule has 1 saturated heterocycles. The van der Waals surface area contributed by atoms with Crippen molar-refractivity contribution in [2.45, 2.75) is 18.9 Å². The van der Waals surface area contributed by atoms with E-state index in [0.29, 0.717) is 40.3 Å². The number of nitrogens with one attached hydrogen (secondary N) is 1. The minimum absolute atomic E-state index is 0.335. The monoisotopic (exact) mass is 432 g/mol. The lowest BCUT2D eigenvalue weighted by Gasteiger charge is -2.22. The van der Waals surface area contributed by atoms with E-state index < -0.39 is 5.97 Å². The van der Waals surface area contributed by atoms with Crippen LogP contribution in [0.25, 0.3) is 11.4 Å². The van der Waals surface area contributed by atoms with Crippen LogP contribution in [-0.4, -0.2) is 40.7 Å². The fourth-order valence-corrected chi connectivity index (χ4v) is 4.18. The summed E-state index contributed by atoms with van der Waals surface area (Å²) in [6.07, 6.45) is 1.51. The number of thiophene rings is 1. The van der Waals surface area contributed by atoms with Gasteiger partial charge < -0.3 is 19.5 Å². The zero-order valence-corrected chi connectivity index (χ0v) is 17.0. The smallest absolute Gasteiger partial charge is 0.350 e. The van der Waals surface area contributed by atoms with Crippen LogP contribution in [0.1, 0.15) is 34.4 Å². The topological polar surface area (TPSA) is 97.6 Å². The lowest BCUT2D eigenvalue weighted by atomic mass is 10.2. The molecule has 0 saturated carbocycles. The summed E-state index contributed by atoms with van der Waals surface area (Å²) in [6, 6.07) is 8.16. The van der Waals surface area contributed by atoms with Crippen molar-refractivity contribution >= 4 is 40.6 Å². The fourth-order valence-electron chi connectivity index (χ4n) is 3.23. The summed E-state index contributed by atoms with van der Waals surface area (Å²) in [7, 11) is 1.30. The van der Waals surface area contributed by atoms with E-state index >= 15 is 0 Å². The molecule has 1 fully saturated rings. The Morgan fingerprint density at radius 1 is 1.38 bits per heavy atom. The number of ether oxygens (including phenoxy) is 1. The van der Waals surface area contributed by atoms with Crippen molar-refractivity contribution in [3.63, 3.8) is 0 Å². The molecule has 1 atom stereocenters. The number of rotatable bonds is 4. The van der Waals surface area contributed by atoms with Gasteiger partial charge >= 0.3 is 12.0 Å². The summed E-state index contributed by atoms with van der Waals surface area (Å²) in [6.45, 7) is 0.545. The number of carbonyl (C=O) groups excluding carboxylic acids is 2. The maximum Gasteiger partial charge on any atom is 0.350 e. The first kappa shape index (κ1) is 19.4. The number of amides is 2. The average Bonchev–Trinajstić information content (AvgIpc) is 3.46. The molecule has 1 aliphatic heterocycles. The van der Waals surface area contributed by atoms with Gasteiger partial charge in [0.1, 0.15) is 10.9 Å². The lowest BCUT2D eigenvalue weighted by molar-refractivity contribution is 0.0607. The number of aromatic nitrogens is 2. The minimum atomic E-state index is -0.490. The second-order valence-corrected chi connectivity index (χ2v) is 7.76. The van der Waals surface area contributed by atoms with Crippen LogP contribution in [0.15, 0.2) is 40.2 Å². The van der Waals surface area contributed by atoms with Crippen LogP contribution in [0.5, 0.6) is 0 Å². The Morgan fingerprint density at radius 3 is 3.03 bits per heavy atom. The highest BCUT2D eigenvalue weighted by Gasteiger charge is 2.34. The van der Waals surface area contributed by atoms with Crippen LogP contribution in [0.4, 0.5) is 10.5 Å². The Morgan fingerprint density at radius 2 is 2.24 bits per heavy atom. The van der Waals surface area contributed by atoms with Crippen molar-refractivity contribution in [3.05, 3.63) is 51.5 Å². The third kappa shape index (κ3) is 3.96. The Kier molecular flexibility index (Phi) is 5.50. The molecular weight excluding hydrogens is 416 g/mol. The number of hydrogen-bond donors (Lipinski definition) is 1. The number of carbonyl (C=O) groups is 2. The maximum atomic E-state index is 12.8. The van der Waals surface area contributed by atoms with Crippen molar-refractivity contribution < 1.29 is 18.8 Å². The zero-order valence-electron chi connectivity index (χ0n) is 15.4. The van der Waals surface area contributed by atoms with Crippen LogP contribution < -0.4 is 5.32 Å². The van der Waals surface area contributed by atoms with Crippen LogP contribution in [0, 0.1) is 0 Å². The van der Waals surface area contributed by atoms with Gasteiger partial charge in [0.05, 0.1) is 12.8 Å². The number of benzene rings is 1. The summed E-state index contributed by atoms with van der Waals surface area (Å²) in [5.74, 6) is 0.294. The second-order valence-electron chi connectivity index (χ2n) is 6.40. The van der Waals surface area contributed by atoms with E-state index in [-0.39, 0.29) is 12.1 Å². The summed E-state index contributed by atoms with van der Waals surface area (Å²) in [4.78, 5) is 31.1. The van der Waals surface area contributed by atoms with Crippen molar-refractivity contribution in [2.24, 2.45) is 0 Å². The number of anilines is 1.